The Morgan fingerprint density at radius 2 is 2.27 bits per heavy atom. The highest BCUT2D eigenvalue weighted by atomic mass is 35.5. The monoisotopic (exact) mass is 176 g/mol. The number of hydrogen-bond acceptors (Lipinski definition) is 3. The van der Waals surface area contributed by atoms with E-state index in [0.717, 1.165) is 17.9 Å². The van der Waals surface area contributed by atoms with Gasteiger partial charge in [-0.05, 0) is 12.8 Å². The van der Waals surface area contributed by atoms with Crippen LogP contribution in [0, 0.1) is 10.8 Å². The van der Waals surface area contributed by atoms with Crippen molar-refractivity contribution in [1.82, 2.24) is 5.01 Å². The van der Waals surface area contributed by atoms with E-state index in [0.29, 0.717) is 0 Å². The molecule has 0 aliphatic heterocycles. The fourth-order valence-electron chi connectivity index (χ4n) is 0.812. The van der Waals surface area contributed by atoms with Crippen molar-refractivity contribution < 1.29 is 4.79 Å². The van der Waals surface area contributed by atoms with Gasteiger partial charge in [-0.1, -0.05) is 0 Å². The fraction of sp³-hybridized carbons (Fsp3) is 0.833. The third kappa shape index (κ3) is 2.15. The Morgan fingerprint density at radius 3 is 2.64 bits per heavy atom. The maximum atomic E-state index is 11.1. The van der Waals surface area contributed by atoms with E-state index >= 15 is 0 Å². The largest absolute Gasteiger partial charge is 0.273 e. The lowest BCUT2D eigenvalue weighted by molar-refractivity contribution is -0.132. The summed E-state index contributed by atoms with van der Waals surface area (Å²) in [6.07, 6.45) is 1.76. The molecule has 4 nitrogen and oxygen atoms in total. The second-order valence-corrected chi connectivity index (χ2v) is 2.88. The van der Waals surface area contributed by atoms with Gasteiger partial charge in [0.15, 0.2) is 0 Å². The summed E-state index contributed by atoms with van der Waals surface area (Å²) in [6.45, 7) is 0.223. The van der Waals surface area contributed by atoms with Crippen molar-refractivity contribution in [1.29, 1.82) is 0 Å². The molecule has 0 saturated heterocycles. The van der Waals surface area contributed by atoms with Gasteiger partial charge in [0, 0.05) is 11.8 Å². The summed E-state index contributed by atoms with van der Waals surface area (Å²) in [5.74, 6) is 0.112. The minimum atomic E-state index is -0.180. The van der Waals surface area contributed by atoms with Crippen molar-refractivity contribution in [3.63, 3.8) is 0 Å². The van der Waals surface area contributed by atoms with E-state index in [2.05, 4.69) is 5.29 Å². The van der Waals surface area contributed by atoms with Gasteiger partial charge in [-0.3, -0.25) is 4.79 Å². The van der Waals surface area contributed by atoms with E-state index in [1.807, 2.05) is 0 Å². The lowest BCUT2D eigenvalue weighted by Gasteiger charge is -2.09. The first-order valence-electron chi connectivity index (χ1n) is 3.50. The maximum Gasteiger partial charge on any atom is 0.248 e. The van der Waals surface area contributed by atoms with Gasteiger partial charge in [0.2, 0.25) is 5.91 Å². The molecule has 1 amide bonds. The van der Waals surface area contributed by atoms with Crippen LogP contribution in [0.2, 0.25) is 0 Å². The van der Waals surface area contributed by atoms with Crippen LogP contribution in [0.1, 0.15) is 12.8 Å². The maximum absolute atomic E-state index is 11.1. The standard InChI is InChI=1S/C6H9ClN2O2/c7-3-4-9(8-11)6(10)5-1-2-5/h5H,1-4H2. The summed E-state index contributed by atoms with van der Waals surface area (Å²) in [7, 11) is 0. The van der Waals surface area contributed by atoms with Gasteiger partial charge in [0.1, 0.15) is 0 Å². The zero-order valence-electron chi connectivity index (χ0n) is 5.99. The van der Waals surface area contributed by atoms with Crippen LogP contribution in [0.5, 0.6) is 0 Å². The molecule has 0 aromatic heterocycles. The van der Waals surface area contributed by atoms with E-state index in [1.165, 1.54) is 0 Å². The quantitative estimate of drug-likeness (QED) is 0.367. The summed E-state index contributed by atoms with van der Waals surface area (Å²) >= 11 is 5.35. The van der Waals surface area contributed by atoms with E-state index in [-0.39, 0.29) is 24.2 Å². The third-order valence-corrected chi connectivity index (χ3v) is 1.74. The van der Waals surface area contributed by atoms with Crippen molar-refractivity contribution >= 4 is 17.5 Å². The number of alkyl halides is 1. The highest BCUT2D eigenvalue weighted by molar-refractivity contribution is 6.18. The molecule has 1 aliphatic rings. The van der Waals surface area contributed by atoms with Gasteiger partial charge in [-0.2, -0.15) is 5.01 Å². The SMILES string of the molecule is O=NN(CCCl)C(=O)C1CC1. The Morgan fingerprint density at radius 1 is 1.64 bits per heavy atom. The van der Waals surface area contributed by atoms with Crippen LogP contribution in [-0.4, -0.2) is 23.3 Å². The van der Waals surface area contributed by atoms with Gasteiger partial charge in [-0.15, -0.1) is 16.5 Å². The number of nitrogens with zero attached hydrogens (tertiary/aromatic N) is 2. The Labute approximate surface area is 69.4 Å². The highest BCUT2D eigenvalue weighted by Crippen LogP contribution is 2.30. The molecule has 1 aliphatic carbocycles. The molecule has 0 atom stereocenters. The lowest BCUT2D eigenvalue weighted by atomic mass is 10.4. The fourth-order valence-corrected chi connectivity index (χ4v) is 0.972. The molecular weight excluding hydrogens is 168 g/mol. The Hall–Kier alpha value is -0.640. The van der Waals surface area contributed by atoms with Crippen LogP contribution in [0.3, 0.4) is 0 Å². The zero-order valence-corrected chi connectivity index (χ0v) is 6.75. The molecule has 0 heterocycles. The molecule has 11 heavy (non-hydrogen) atoms. The Bertz CT molecular complexity index is 170. The average Bonchev–Trinajstić information content (AvgIpc) is 2.81. The second kappa shape index (κ2) is 3.67. The molecule has 0 spiro atoms. The molecule has 0 aromatic rings. The first-order chi connectivity index (χ1) is 5.29. The predicted octanol–water partition coefficient (Wildman–Crippen LogP) is 1.15. The van der Waals surface area contributed by atoms with E-state index in [9.17, 15) is 9.70 Å². The van der Waals surface area contributed by atoms with Crippen molar-refractivity contribution in [3.05, 3.63) is 4.91 Å². The number of carbonyl (C=O) groups is 1. The summed E-state index contributed by atoms with van der Waals surface area (Å²) in [5.41, 5.74) is 0. The molecule has 0 unspecified atom stereocenters. The number of carbonyl (C=O) groups excluding carboxylic acids is 1. The number of amides is 1. The summed E-state index contributed by atoms with van der Waals surface area (Å²) in [5, 5.41) is 3.50. The van der Waals surface area contributed by atoms with Crippen LogP contribution in [0.4, 0.5) is 0 Å². The van der Waals surface area contributed by atoms with Crippen LogP contribution in [-0.2, 0) is 4.79 Å². The molecule has 0 radical (unpaired) electrons. The molecule has 0 bridgehead atoms. The third-order valence-electron chi connectivity index (χ3n) is 1.58. The van der Waals surface area contributed by atoms with Crippen LogP contribution >= 0.6 is 11.6 Å². The Balaban J connectivity index is 2.38. The van der Waals surface area contributed by atoms with E-state index in [4.69, 9.17) is 11.6 Å². The van der Waals surface area contributed by atoms with Crippen molar-refractivity contribution in [3.8, 4) is 0 Å². The molecule has 1 rings (SSSR count). The van der Waals surface area contributed by atoms with Gasteiger partial charge < -0.3 is 0 Å². The van der Waals surface area contributed by atoms with Gasteiger partial charge in [0.25, 0.3) is 0 Å². The number of nitroso groups, excluding NO2 is 1. The predicted molar refractivity (Wildman–Crippen MR) is 41.0 cm³/mol. The topological polar surface area (TPSA) is 49.7 Å². The molecule has 5 heteroatoms. The van der Waals surface area contributed by atoms with Crippen molar-refractivity contribution in [2.24, 2.45) is 11.2 Å². The average molecular weight is 177 g/mol. The molecular formula is C6H9ClN2O2. The molecule has 0 aromatic carbocycles. The van der Waals surface area contributed by atoms with Crippen molar-refractivity contribution in [2.75, 3.05) is 12.4 Å². The summed E-state index contributed by atoms with van der Waals surface area (Å²) in [4.78, 5) is 21.2. The molecule has 1 fully saturated rings. The first-order valence-corrected chi connectivity index (χ1v) is 4.03. The summed E-state index contributed by atoms with van der Waals surface area (Å²) in [6, 6.07) is 0. The number of rotatable bonds is 4. The molecule has 1 saturated carbocycles. The van der Waals surface area contributed by atoms with Crippen LogP contribution in [0.25, 0.3) is 0 Å². The van der Waals surface area contributed by atoms with E-state index in [1.54, 1.807) is 0 Å². The van der Waals surface area contributed by atoms with Crippen LogP contribution in [0.15, 0.2) is 5.29 Å². The number of hydrogen-bond donors (Lipinski definition) is 0. The van der Waals surface area contributed by atoms with Gasteiger partial charge in [-0.25, -0.2) is 0 Å². The highest BCUT2D eigenvalue weighted by Gasteiger charge is 2.33. The second-order valence-electron chi connectivity index (χ2n) is 2.51. The van der Waals surface area contributed by atoms with Crippen LogP contribution < -0.4 is 0 Å². The van der Waals surface area contributed by atoms with E-state index < -0.39 is 0 Å². The first kappa shape index (κ1) is 8.46. The summed E-state index contributed by atoms with van der Waals surface area (Å²) < 4.78 is 0. The minimum absolute atomic E-state index is 0.0379. The van der Waals surface area contributed by atoms with Gasteiger partial charge >= 0.3 is 0 Å². The smallest absolute Gasteiger partial charge is 0.248 e. The number of halogens is 1. The normalized spacial score (nSPS) is 16.1. The minimum Gasteiger partial charge on any atom is -0.273 e. The zero-order chi connectivity index (χ0) is 8.27. The van der Waals surface area contributed by atoms with Gasteiger partial charge in [0.05, 0.1) is 11.8 Å². The molecule has 0 N–H and O–H groups in total. The molecule has 62 valence electrons. The lowest BCUT2D eigenvalue weighted by Crippen LogP contribution is -2.28. The van der Waals surface area contributed by atoms with Crippen molar-refractivity contribution in [2.45, 2.75) is 12.8 Å². The Kier molecular flexibility index (Phi) is 2.82.